The number of esters is 1. The van der Waals surface area contributed by atoms with E-state index >= 15 is 0 Å². The Bertz CT molecular complexity index is 471. The summed E-state index contributed by atoms with van der Waals surface area (Å²) in [6.07, 6.45) is 3.54. The van der Waals surface area contributed by atoms with Crippen LogP contribution < -0.4 is 4.74 Å². The highest BCUT2D eigenvalue weighted by Gasteiger charge is 2.20. The number of ether oxygens (including phenoxy) is 2. The summed E-state index contributed by atoms with van der Waals surface area (Å²) in [7, 11) is 0. The van der Waals surface area contributed by atoms with Crippen LogP contribution in [0.25, 0.3) is 0 Å². The van der Waals surface area contributed by atoms with Crippen LogP contribution in [0.2, 0.25) is 0 Å². The van der Waals surface area contributed by atoms with Crippen molar-refractivity contribution in [3.63, 3.8) is 0 Å². The maximum absolute atomic E-state index is 11.9. The molecule has 112 valence electrons. The second-order valence-corrected chi connectivity index (χ2v) is 5.25. The standard InChI is InChI=1S/C15H24N2O3/c1-6-19-15(18)13-9-16-17(8-7-11(2)3)14(13)20-10-12(4)5/h7,9,12H,6,8,10H2,1-5H3. The van der Waals surface area contributed by atoms with Crippen molar-refractivity contribution < 1.29 is 14.3 Å². The molecule has 0 fully saturated rings. The molecule has 1 heterocycles. The molecule has 5 heteroatoms. The van der Waals surface area contributed by atoms with Gasteiger partial charge in [0.1, 0.15) is 5.56 Å². The largest absolute Gasteiger partial charge is 0.477 e. The Hall–Kier alpha value is -1.78. The number of allylic oxidation sites excluding steroid dienone is 2. The summed E-state index contributed by atoms with van der Waals surface area (Å²) < 4.78 is 12.4. The van der Waals surface area contributed by atoms with Crippen LogP contribution in [0.1, 0.15) is 45.0 Å². The fourth-order valence-corrected chi connectivity index (χ4v) is 1.52. The van der Waals surface area contributed by atoms with E-state index in [1.165, 1.54) is 11.8 Å². The van der Waals surface area contributed by atoms with E-state index in [0.29, 0.717) is 37.1 Å². The molecule has 0 aliphatic rings. The zero-order valence-corrected chi connectivity index (χ0v) is 13.0. The Kier molecular flexibility index (Phi) is 6.28. The molecule has 5 nitrogen and oxygen atoms in total. The van der Waals surface area contributed by atoms with E-state index in [4.69, 9.17) is 9.47 Å². The maximum Gasteiger partial charge on any atom is 0.345 e. The molecule has 0 radical (unpaired) electrons. The lowest BCUT2D eigenvalue weighted by Gasteiger charge is -2.12. The number of carbonyl (C=O) groups is 1. The summed E-state index contributed by atoms with van der Waals surface area (Å²) in [5, 5.41) is 4.22. The fourth-order valence-electron chi connectivity index (χ4n) is 1.52. The first-order valence-electron chi connectivity index (χ1n) is 6.94. The van der Waals surface area contributed by atoms with Crippen LogP contribution in [0.3, 0.4) is 0 Å². The second-order valence-electron chi connectivity index (χ2n) is 5.25. The molecule has 0 unspecified atom stereocenters. The van der Waals surface area contributed by atoms with Gasteiger partial charge in [0.15, 0.2) is 0 Å². The molecule has 0 bridgehead atoms. The van der Waals surface area contributed by atoms with E-state index in [-0.39, 0.29) is 0 Å². The van der Waals surface area contributed by atoms with Gasteiger partial charge < -0.3 is 9.47 Å². The normalized spacial score (nSPS) is 10.5. The Morgan fingerprint density at radius 3 is 2.70 bits per heavy atom. The highest BCUT2D eigenvalue weighted by molar-refractivity contribution is 5.91. The van der Waals surface area contributed by atoms with Gasteiger partial charge in [-0.15, -0.1) is 0 Å². The van der Waals surface area contributed by atoms with E-state index in [9.17, 15) is 4.79 Å². The molecule has 20 heavy (non-hydrogen) atoms. The average Bonchev–Trinajstić information content (AvgIpc) is 2.77. The molecule has 0 aliphatic heterocycles. The van der Waals surface area contributed by atoms with Crippen molar-refractivity contribution in [2.24, 2.45) is 5.92 Å². The van der Waals surface area contributed by atoms with Gasteiger partial charge in [-0.25, -0.2) is 9.48 Å². The Morgan fingerprint density at radius 2 is 2.15 bits per heavy atom. The van der Waals surface area contributed by atoms with E-state index < -0.39 is 5.97 Å². The van der Waals surface area contributed by atoms with Crippen LogP contribution in [0.4, 0.5) is 0 Å². The predicted molar refractivity (Wildman–Crippen MR) is 77.9 cm³/mol. The smallest absolute Gasteiger partial charge is 0.345 e. The number of rotatable bonds is 7. The van der Waals surface area contributed by atoms with E-state index in [1.807, 2.05) is 19.9 Å². The van der Waals surface area contributed by atoms with Crippen LogP contribution >= 0.6 is 0 Å². The molecule has 1 aromatic heterocycles. The molecule has 0 saturated heterocycles. The minimum atomic E-state index is -0.394. The molecule has 0 saturated carbocycles. The third kappa shape index (κ3) is 4.72. The van der Waals surface area contributed by atoms with Crippen molar-refractivity contribution in [2.45, 2.75) is 41.2 Å². The zero-order valence-electron chi connectivity index (χ0n) is 13.0. The molecular formula is C15H24N2O3. The highest BCUT2D eigenvalue weighted by Crippen LogP contribution is 2.20. The van der Waals surface area contributed by atoms with Gasteiger partial charge in [-0.05, 0) is 26.7 Å². The quantitative estimate of drug-likeness (QED) is 0.569. The van der Waals surface area contributed by atoms with Gasteiger partial charge >= 0.3 is 5.97 Å². The summed E-state index contributed by atoms with van der Waals surface area (Å²) >= 11 is 0. The third-order valence-corrected chi connectivity index (χ3v) is 2.51. The molecule has 0 aromatic carbocycles. The molecular weight excluding hydrogens is 256 g/mol. The van der Waals surface area contributed by atoms with Crippen molar-refractivity contribution in [3.8, 4) is 5.88 Å². The number of carbonyl (C=O) groups excluding carboxylic acids is 1. The lowest BCUT2D eigenvalue weighted by Crippen LogP contribution is -2.13. The van der Waals surface area contributed by atoms with Crippen molar-refractivity contribution in [1.29, 1.82) is 0 Å². The van der Waals surface area contributed by atoms with Crippen LogP contribution in [0, 0.1) is 5.92 Å². The van der Waals surface area contributed by atoms with Crippen molar-refractivity contribution >= 4 is 5.97 Å². The van der Waals surface area contributed by atoms with Crippen molar-refractivity contribution in [2.75, 3.05) is 13.2 Å². The topological polar surface area (TPSA) is 53.3 Å². The Labute approximate surface area is 120 Å². The van der Waals surface area contributed by atoms with Gasteiger partial charge in [0.25, 0.3) is 0 Å². The first kappa shape index (κ1) is 16.3. The van der Waals surface area contributed by atoms with Gasteiger partial charge in [0.2, 0.25) is 5.88 Å². The summed E-state index contributed by atoms with van der Waals surface area (Å²) in [4.78, 5) is 11.9. The summed E-state index contributed by atoms with van der Waals surface area (Å²) in [6, 6.07) is 0. The predicted octanol–water partition coefficient (Wildman–Crippen LogP) is 3.06. The molecule has 0 N–H and O–H groups in total. The first-order valence-corrected chi connectivity index (χ1v) is 6.94. The number of aromatic nitrogens is 2. The zero-order chi connectivity index (χ0) is 15.1. The lowest BCUT2D eigenvalue weighted by atomic mass is 10.2. The minimum absolute atomic E-state index is 0.335. The maximum atomic E-state index is 11.9. The SMILES string of the molecule is CCOC(=O)c1cnn(CC=C(C)C)c1OCC(C)C. The molecule has 0 atom stereocenters. The summed E-state index contributed by atoms with van der Waals surface area (Å²) in [5.74, 6) is 0.459. The first-order chi connectivity index (χ1) is 9.45. The van der Waals surface area contributed by atoms with Crippen molar-refractivity contribution in [3.05, 3.63) is 23.4 Å². The van der Waals surface area contributed by atoms with E-state index in [1.54, 1.807) is 11.6 Å². The van der Waals surface area contributed by atoms with Crippen LogP contribution in [0.5, 0.6) is 5.88 Å². The van der Waals surface area contributed by atoms with Gasteiger partial charge in [-0.1, -0.05) is 25.5 Å². The monoisotopic (exact) mass is 280 g/mol. The summed E-state index contributed by atoms with van der Waals surface area (Å²) in [5.41, 5.74) is 1.57. The van der Waals surface area contributed by atoms with Gasteiger partial charge in [-0.2, -0.15) is 5.10 Å². The Balaban J connectivity index is 2.98. The molecule has 0 aliphatic carbocycles. The molecule has 0 amide bonds. The third-order valence-electron chi connectivity index (χ3n) is 2.51. The van der Waals surface area contributed by atoms with Crippen LogP contribution in [0.15, 0.2) is 17.8 Å². The van der Waals surface area contributed by atoms with E-state index in [0.717, 1.165) is 0 Å². The molecule has 1 aromatic rings. The van der Waals surface area contributed by atoms with Gasteiger partial charge in [-0.3, -0.25) is 0 Å². The van der Waals surface area contributed by atoms with Crippen molar-refractivity contribution in [1.82, 2.24) is 9.78 Å². The second kappa shape index (κ2) is 7.72. The minimum Gasteiger partial charge on any atom is -0.477 e. The summed E-state index contributed by atoms with van der Waals surface area (Å²) in [6.45, 7) is 11.4. The number of hydrogen-bond acceptors (Lipinski definition) is 4. The fraction of sp³-hybridized carbons (Fsp3) is 0.600. The average molecular weight is 280 g/mol. The van der Waals surface area contributed by atoms with Crippen LogP contribution in [-0.4, -0.2) is 29.0 Å². The lowest BCUT2D eigenvalue weighted by molar-refractivity contribution is 0.0520. The highest BCUT2D eigenvalue weighted by atomic mass is 16.5. The molecule has 0 spiro atoms. The Morgan fingerprint density at radius 1 is 1.45 bits per heavy atom. The number of nitrogens with zero attached hydrogens (tertiary/aromatic N) is 2. The van der Waals surface area contributed by atoms with Crippen LogP contribution in [-0.2, 0) is 11.3 Å². The van der Waals surface area contributed by atoms with Gasteiger partial charge in [0.05, 0.1) is 26.0 Å². The van der Waals surface area contributed by atoms with E-state index in [2.05, 4.69) is 18.9 Å². The van der Waals surface area contributed by atoms with Gasteiger partial charge in [0, 0.05) is 0 Å². The number of hydrogen-bond donors (Lipinski definition) is 0. The molecule has 1 rings (SSSR count).